The summed E-state index contributed by atoms with van der Waals surface area (Å²) in [6.45, 7) is 5.73. The Kier molecular flexibility index (Phi) is 5.70. The number of carboxylic acids is 1. The molecule has 2 unspecified atom stereocenters. The Bertz CT molecular complexity index is 1160. The van der Waals surface area contributed by atoms with E-state index in [1.807, 2.05) is 26.8 Å². The molecule has 0 spiro atoms. The van der Waals surface area contributed by atoms with E-state index in [0.29, 0.717) is 5.69 Å². The Balaban J connectivity index is 2.30. The van der Waals surface area contributed by atoms with Gasteiger partial charge in [0.1, 0.15) is 11.9 Å². The molecule has 1 aliphatic rings. The number of hydrazone groups is 1. The molecule has 1 heterocycles. The molecule has 10 heteroatoms. The van der Waals surface area contributed by atoms with Gasteiger partial charge in [-0.2, -0.15) is 5.10 Å². The second kappa shape index (κ2) is 7.81. The quantitative estimate of drug-likeness (QED) is 0.277. The lowest BCUT2D eigenvalue weighted by Crippen LogP contribution is -2.47. The third-order valence-electron chi connectivity index (χ3n) is 5.53. The highest BCUT2D eigenvalue weighted by atomic mass is 35.5. The second-order valence-corrected chi connectivity index (χ2v) is 9.57. The number of fused-ring (bicyclic) bond motifs is 1. The van der Waals surface area contributed by atoms with E-state index in [2.05, 4.69) is 5.10 Å². The lowest BCUT2D eigenvalue weighted by molar-refractivity contribution is -0.136. The minimum atomic E-state index is -4.22. The number of carboxylic acid groups (broad SMARTS) is 1. The molecule has 0 fully saturated rings. The minimum Gasteiger partial charge on any atom is -0.481 e. The van der Waals surface area contributed by atoms with Crippen molar-refractivity contribution in [2.45, 2.75) is 44.0 Å². The topological polar surface area (TPSA) is 139 Å². The molecule has 0 bridgehead atoms. The number of anilines is 1. The van der Waals surface area contributed by atoms with Crippen molar-refractivity contribution in [3.05, 3.63) is 57.6 Å². The van der Waals surface area contributed by atoms with E-state index in [4.69, 9.17) is 23.2 Å². The van der Waals surface area contributed by atoms with E-state index in [1.165, 1.54) is 22.5 Å². The normalized spacial score (nSPS) is 19.1. The summed E-state index contributed by atoms with van der Waals surface area (Å²) < 4.78 is 28.8. The largest absolute Gasteiger partial charge is 0.481 e. The number of carbonyl (C=O) groups is 1. The highest BCUT2D eigenvalue weighted by Gasteiger charge is 2.46. The maximum absolute atomic E-state index is 13.8. The molecule has 30 heavy (non-hydrogen) atoms. The van der Waals surface area contributed by atoms with E-state index in [0.717, 1.165) is 16.7 Å². The molecule has 1 aliphatic heterocycles. The van der Waals surface area contributed by atoms with Crippen molar-refractivity contribution in [1.29, 1.82) is 0 Å². The number of halogens is 1. The molecule has 0 amide bonds. The zero-order valence-corrected chi connectivity index (χ0v) is 18.3. The van der Waals surface area contributed by atoms with Crippen LogP contribution in [0.5, 0.6) is 0 Å². The number of aliphatic carboxylic acids is 1. The summed E-state index contributed by atoms with van der Waals surface area (Å²) in [4.78, 5) is 11.2. The fraction of sp³-hybridized carbons (Fsp3) is 0.300. The zero-order chi connectivity index (χ0) is 22.4. The van der Waals surface area contributed by atoms with Crippen LogP contribution in [0.1, 0.15) is 35.1 Å². The van der Waals surface area contributed by atoms with E-state index >= 15 is 0 Å². The van der Waals surface area contributed by atoms with E-state index in [-0.39, 0.29) is 27.2 Å². The number of nitrogens with two attached hydrogens (primary N) is 2. The molecular weight excluding hydrogens is 428 g/mol. The lowest BCUT2D eigenvalue weighted by atomic mass is 9.91. The van der Waals surface area contributed by atoms with Crippen molar-refractivity contribution in [2.75, 3.05) is 4.31 Å². The van der Waals surface area contributed by atoms with Crippen LogP contribution in [0.25, 0.3) is 0 Å². The Hall–Kier alpha value is -2.78. The molecule has 8 nitrogen and oxygen atoms in total. The number of benzene rings is 2. The van der Waals surface area contributed by atoms with Gasteiger partial charge in [0.05, 0.1) is 17.0 Å². The van der Waals surface area contributed by atoms with Crippen molar-refractivity contribution in [3.8, 4) is 0 Å². The van der Waals surface area contributed by atoms with E-state index in [9.17, 15) is 18.3 Å². The van der Waals surface area contributed by atoms with Gasteiger partial charge in [-0.3, -0.25) is 9.10 Å². The number of rotatable bonds is 5. The molecule has 0 saturated heterocycles. The first-order valence-electron chi connectivity index (χ1n) is 9.18. The van der Waals surface area contributed by atoms with Gasteiger partial charge >= 0.3 is 5.97 Å². The van der Waals surface area contributed by atoms with Crippen LogP contribution in [0.2, 0.25) is 5.02 Å². The predicted octanol–water partition coefficient (Wildman–Crippen LogP) is 2.50. The van der Waals surface area contributed by atoms with Gasteiger partial charge in [0.25, 0.3) is 10.0 Å². The molecule has 160 valence electrons. The molecule has 2 aromatic rings. The molecule has 0 saturated carbocycles. The third kappa shape index (κ3) is 3.48. The summed E-state index contributed by atoms with van der Waals surface area (Å²) in [7, 11) is -4.22. The Morgan fingerprint density at radius 2 is 1.93 bits per heavy atom. The van der Waals surface area contributed by atoms with Crippen LogP contribution in [-0.4, -0.2) is 31.4 Å². The summed E-state index contributed by atoms with van der Waals surface area (Å²) >= 11 is 6.00. The first kappa shape index (κ1) is 21.9. The van der Waals surface area contributed by atoms with Gasteiger partial charge in [-0.25, -0.2) is 8.42 Å². The van der Waals surface area contributed by atoms with Gasteiger partial charge in [0.2, 0.25) is 0 Å². The second-order valence-electron chi connectivity index (χ2n) is 7.35. The van der Waals surface area contributed by atoms with Crippen molar-refractivity contribution in [3.63, 3.8) is 0 Å². The average molecular weight is 451 g/mol. The Labute approximate surface area is 180 Å². The summed E-state index contributed by atoms with van der Waals surface area (Å²) in [5.74, 6) is 3.91. The van der Waals surface area contributed by atoms with Gasteiger partial charge in [-0.05, 0) is 60.4 Å². The highest BCUT2D eigenvalue weighted by Crippen LogP contribution is 2.46. The first-order valence-corrected chi connectivity index (χ1v) is 11.0. The van der Waals surface area contributed by atoms with E-state index < -0.39 is 28.5 Å². The summed E-state index contributed by atoms with van der Waals surface area (Å²) in [6.07, 6.45) is -0.497. The van der Waals surface area contributed by atoms with Gasteiger partial charge in [-0.1, -0.05) is 24.6 Å². The fourth-order valence-corrected chi connectivity index (χ4v) is 6.16. The first-order chi connectivity index (χ1) is 14.0. The average Bonchev–Trinajstić information content (AvgIpc) is 2.97. The fourth-order valence-electron chi connectivity index (χ4n) is 4.04. The molecule has 2 atom stereocenters. The zero-order valence-electron chi connectivity index (χ0n) is 16.8. The number of sulfonamides is 1. The summed E-state index contributed by atoms with van der Waals surface area (Å²) in [5.41, 5.74) is 9.41. The summed E-state index contributed by atoms with van der Waals surface area (Å²) in [5, 5.41) is 13.1. The minimum absolute atomic E-state index is 0.0342. The van der Waals surface area contributed by atoms with Gasteiger partial charge < -0.3 is 16.7 Å². The van der Waals surface area contributed by atoms with Crippen molar-refractivity contribution < 1.29 is 18.3 Å². The number of hydrogen-bond donors (Lipinski definition) is 3. The van der Waals surface area contributed by atoms with Crippen molar-refractivity contribution in [1.82, 2.24) is 0 Å². The SMILES string of the molecule is Cc1ccc2c(c1C)C(C)C(/C(N)=N/N)N2S(=O)(=O)c1ccc(Cl)cc1CC(=O)O. The molecule has 0 aromatic heterocycles. The van der Waals surface area contributed by atoms with Crippen LogP contribution >= 0.6 is 11.6 Å². The number of hydrogen-bond acceptors (Lipinski definition) is 5. The third-order valence-corrected chi connectivity index (χ3v) is 7.67. The van der Waals surface area contributed by atoms with Crippen LogP contribution in [0, 0.1) is 13.8 Å². The Morgan fingerprint density at radius 3 is 2.53 bits per heavy atom. The van der Waals surface area contributed by atoms with Gasteiger partial charge in [0, 0.05) is 10.9 Å². The molecule has 2 aromatic carbocycles. The van der Waals surface area contributed by atoms with Crippen LogP contribution in [0.4, 0.5) is 5.69 Å². The number of nitrogens with zero attached hydrogens (tertiary/aromatic N) is 2. The molecule has 3 rings (SSSR count). The molecular formula is C20H23ClN4O4S. The number of amidine groups is 1. The van der Waals surface area contributed by atoms with Crippen LogP contribution < -0.4 is 15.9 Å². The molecule has 0 aliphatic carbocycles. The van der Waals surface area contributed by atoms with Gasteiger partial charge in [-0.15, -0.1) is 0 Å². The van der Waals surface area contributed by atoms with Crippen molar-refractivity contribution >= 4 is 39.1 Å². The van der Waals surface area contributed by atoms with Crippen LogP contribution in [0.15, 0.2) is 40.3 Å². The van der Waals surface area contributed by atoms with Crippen LogP contribution in [-0.2, 0) is 21.2 Å². The monoisotopic (exact) mass is 450 g/mol. The summed E-state index contributed by atoms with van der Waals surface area (Å²) in [6, 6.07) is 6.79. The smallest absolute Gasteiger partial charge is 0.307 e. The molecule has 0 radical (unpaired) electrons. The lowest BCUT2D eigenvalue weighted by Gasteiger charge is -2.28. The predicted molar refractivity (Wildman–Crippen MR) is 116 cm³/mol. The highest BCUT2D eigenvalue weighted by molar-refractivity contribution is 7.93. The van der Waals surface area contributed by atoms with Crippen LogP contribution in [0.3, 0.4) is 0 Å². The van der Waals surface area contributed by atoms with Crippen molar-refractivity contribution in [2.24, 2.45) is 16.7 Å². The maximum atomic E-state index is 13.8. The standard InChI is InChI=1S/C20H23ClN4O4S/c1-10-4-6-15-18(11(10)2)12(3)19(20(22)24-23)25(15)30(28,29)16-7-5-14(21)8-13(16)9-17(26)27/h4-8,12,19H,9,23H2,1-3H3,(H2,22,24)(H,26,27). The van der Waals surface area contributed by atoms with E-state index in [1.54, 1.807) is 6.07 Å². The molecule has 5 N–H and O–H groups in total. The Morgan fingerprint density at radius 1 is 1.27 bits per heavy atom. The maximum Gasteiger partial charge on any atom is 0.307 e. The van der Waals surface area contributed by atoms with Gasteiger partial charge in [0.15, 0.2) is 0 Å². The number of aryl methyl sites for hydroxylation is 1.